The maximum absolute atomic E-state index is 13.4. The molecule has 4 nitrogen and oxygen atoms in total. The molecule has 116 valence electrons. The molecule has 2 aromatic carbocycles. The van der Waals surface area contributed by atoms with Crippen molar-refractivity contribution in [1.82, 2.24) is 5.32 Å². The van der Waals surface area contributed by atoms with Crippen LogP contribution in [0, 0.1) is 17.5 Å². The zero-order valence-corrected chi connectivity index (χ0v) is 11.2. The Hall–Kier alpha value is -2.70. The average molecular weight is 311 g/mol. The first-order valence-corrected chi connectivity index (χ1v) is 6.32. The van der Waals surface area contributed by atoms with Gasteiger partial charge in [0.1, 0.15) is 11.4 Å². The van der Waals surface area contributed by atoms with Gasteiger partial charge in [0.2, 0.25) is 0 Å². The molecule has 2 aromatic rings. The Balaban J connectivity index is 2.01. The molecule has 0 unspecified atom stereocenters. The van der Waals surface area contributed by atoms with Crippen LogP contribution >= 0.6 is 0 Å². The summed E-state index contributed by atoms with van der Waals surface area (Å²) in [6, 6.07) is 5.36. The van der Waals surface area contributed by atoms with Gasteiger partial charge in [-0.2, -0.15) is 0 Å². The number of halogens is 3. The summed E-state index contributed by atoms with van der Waals surface area (Å²) >= 11 is 0. The number of carbonyl (C=O) groups is 1. The summed E-state index contributed by atoms with van der Waals surface area (Å²) in [5.74, 6) is -5.67. The van der Waals surface area contributed by atoms with Gasteiger partial charge in [0.05, 0.1) is 0 Å². The number of hydrogen-bond acceptors (Lipinski definition) is 3. The molecule has 0 aromatic heterocycles. The van der Waals surface area contributed by atoms with Crippen molar-refractivity contribution in [3.05, 3.63) is 58.9 Å². The smallest absolute Gasteiger partial charge is 0.257 e. The molecule has 3 N–H and O–H groups in total. The quantitative estimate of drug-likeness (QED) is 0.600. The van der Waals surface area contributed by atoms with Crippen molar-refractivity contribution in [1.29, 1.82) is 0 Å². The fraction of sp³-hybridized carbons (Fsp3) is 0.133. The van der Waals surface area contributed by atoms with Crippen LogP contribution in [0.4, 0.5) is 13.2 Å². The number of amides is 1. The summed E-state index contributed by atoms with van der Waals surface area (Å²) in [6.07, 6.45) is 0.248. The Morgan fingerprint density at radius 1 is 1.00 bits per heavy atom. The minimum atomic E-state index is -1.54. The summed E-state index contributed by atoms with van der Waals surface area (Å²) < 4.78 is 39.8. The Morgan fingerprint density at radius 2 is 1.68 bits per heavy atom. The van der Waals surface area contributed by atoms with E-state index < -0.39 is 28.9 Å². The van der Waals surface area contributed by atoms with Crippen molar-refractivity contribution in [2.24, 2.45) is 0 Å². The topological polar surface area (TPSA) is 69.6 Å². The largest absolute Gasteiger partial charge is 0.504 e. The second-order valence-corrected chi connectivity index (χ2v) is 4.55. The van der Waals surface area contributed by atoms with E-state index in [1.807, 2.05) is 0 Å². The molecule has 2 rings (SSSR count). The number of phenols is 2. The molecule has 0 atom stereocenters. The van der Waals surface area contributed by atoms with Crippen LogP contribution in [0.5, 0.6) is 11.5 Å². The molecule has 7 heteroatoms. The Kier molecular flexibility index (Phi) is 4.55. The van der Waals surface area contributed by atoms with Crippen molar-refractivity contribution in [3.63, 3.8) is 0 Å². The first-order valence-electron chi connectivity index (χ1n) is 6.32. The van der Waals surface area contributed by atoms with Gasteiger partial charge in [0.15, 0.2) is 23.1 Å². The first kappa shape index (κ1) is 15.7. The van der Waals surface area contributed by atoms with Gasteiger partial charge < -0.3 is 15.5 Å². The van der Waals surface area contributed by atoms with Gasteiger partial charge in [0.25, 0.3) is 5.91 Å². The lowest BCUT2D eigenvalue weighted by Gasteiger charge is -2.08. The normalized spacial score (nSPS) is 10.5. The molecule has 0 spiro atoms. The molecule has 0 aliphatic rings. The summed E-state index contributed by atoms with van der Waals surface area (Å²) in [5.41, 5.74) is -0.385. The third kappa shape index (κ3) is 3.30. The van der Waals surface area contributed by atoms with E-state index in [-0.39, 0.29) is 24.5 Å². The standard InChI is InChI=1S/C15H12F3NO3/c16-9-2-3-10(17)14(18)13(9)15(22)19-6-5-8-1-4-11(20)12(21)7-8/h1-4,7,20-21H,5-6H2,(H,19,22). The van der Waals surface area contributed by atoms with E-state index in [1.165, 1.54) is 18.2 Å². The van der Waals surface area contributed by atoms with E-state index in [1.54, 1.807) is 0 Å². The molecule has 0 aliphatic carbocycles. The Morgan fingerprint density at radius 3 is 2.36 bits per heavy atom. The molecule has 0 fully saturated rings. The highest BCUT2D eigenvalue weighted by Crippen LogP contribution is 2.24. The van der Waals surface area contributed by atoms with Gasteiger partial charge in [-0.1, -0.05) is 6.07 Å². The summed E-state index contributed by atoms with van der Waals surface area (Å²) in [6.45, 7) is 0.0123. The van der Waals surface area contributed by atoms with Crippen LogP contribution < -0.4 is 5.32 Å². The van der Waals surface area contributed by atoms with Gasteiger partial charge in [-0.15, -0.1) is 0 Å². The summed E-state index contributed by atoms with van der Waals surface area (Å²) in [4.78, 5) is 11.7. The second-order valence-electron chi connectivity index (χ2n) is 4.55. The summed E-state index contributed by atoms with van der Waals surface area (Å²) in [5, 5.41) is 20.7. The maximum atomic E-state index is 13.4. The molecule has 22 heavy (non-hydrogen) atoms. The number of carbonyl (C=O) groups excluding carboxylic acids is 1. The van der Waals surface area contributed by atoms with Crippen LogP contribution in [-0.4, -0.2) is 22.7 Å². The molecular formula is C15H12F3NO3. The Labute approximate surface area is 123 Å². The molecule has 0 saturated heterocycles. The lowest BCUT2D eigenvalue weighted by molar-refractivity contribution is 0.0944. The van der Waals surface area contributed by atoms with Crippen LogP contribution in [0.1, 0.15) is 15.9 Å². The van der Waals surface area contributed by atoms with E-state index >= 15 is 0 Å². The highest BCUT2D eigenvalue weighted by molar-refractivity contribution is 5.94. The fourth-order valence-electron chi connectivity index (χ4n) is 1.87. The predicted octanol–water partition coefficient (Wildman–Crippen LogP) is 2.49. The summed E-state index contributed by atoms with van der Waals surface area (Å²) in [7, 11) is 0. The minimum absolute atomic E-state index is 0.0123. The highest BCUT2D eigenvalue weighted by atomic mass is 19.2. The molecule has 1 amide bonds. The van der Waals surface area contributed by atoms with Crippen LogP contribution in [0.15, 0.2) is 30.3 Å². The van der Waals surface area contributed by atoms with E-state index in [9.17, 15) is 23.1 Å². The average Bonchev–Trinajstić information content (AvgIpc) is 2.47. The van der Waals surface area contributed by atoms with Crippen molar-refractivity contribution < 1.29 is 28.2 Å². The lowest BCUT2D eigenvalue weighted by atomic mass is 10.1. The van der Waals surface area contributed by atoms with Crippen molar-refractivity contribution >= 4 is 5.91 Å². The number of phenolic OH excluding ortho intramolecular Hbond substituents is 2. The molecule has 0 saturated carbocycles. The highest BCUT2D eigenvalue weighted by Gasteiger charge is 2.20. The zero-order chi connectivity index (χ0) is 16.3. The van der Waals surface area contributed by atoms with Crippen LogP contribution in [-0.2, 0) is 6.42 Å². The van der Waals surface area contributed by atoms with E-state index in [0.717, 1.165) is 0 Å². The minimum Gasteiger partial charge on any atom is -0.504 e. The lowest BCUT2D eigenvalue weighted by Crippen LogP contribution is -2.28. The molecule has 0 aliphatic heterocycles. The van der Waals surface area contributed by atoms with E-state index in [2.05, 4.69) is 5.32 Å². The number of hydrogen-bond donors (Lipinski definition) is 3. The molecular weight excluding hydrogens is 299 g/mol. The number of nitrogens with one attached hydrogen (secondary N) is 1. The number of benzene rings is 2. The molecule has 0 heterocycles. The number of rotatable bonds is 4. The Bertz CT molecular complexity index is 719. The maximum Gasteiger partial charge on any atom is 0.257 e. The second kappa shape index (κ2) is 6.38. The van der Waals surface area contributed by atoms with Crippen LogP contribution in [0.2, 0.25) is 0 Å². The SMILES string of the molecule is O=C(NCCc1ccc(O)c(O)c1)c1c(F)ccc(F)c1F. The monoisotopic (exact) mass is 311 g/mol. The molecule has 0 radical (unpaired) electrons. The molecule has 0 bridgehead atoms. The van der Waals surface area contributed by atoms with Crippen molar-refractivity contribution in [3.8, 4) is 11.5 Å². The zero-order valence-electron chi connectivity index (χ0n) is 11.2. The van der Waals surface area contributed by atoms with E-state index in [4.69, 9.17) is 5.11 Å². The van der Waals surface area contributed by atoms with Gasteiger partial charge in [-0.3, -0.25) is 4.79 Å². The van der Waals surface area contributed by atoms with Gasteiger partial charge >= 0.3 is 0 Å². The number of aromatic hydroxyl groups is 2. The fourth-order valence-corrected chi connectivity index (χ4v) is 1.87. The van der Waals surface area contributed by atoms with Gasteiger partial charge in [0, 0.05) is 6.54 Å². The van der Waals surface area contributed by atoms with E-state index in [0.29, 0.717) is 17.7 Å². The van der Waals surface area contributed by atoms with Crippen LogP contribution in [0.3, 0.4) is 0 Å². The van der Waals surface area contributed by atoms with Gasteiger partial charge in [-0.25, -0.2) is 13.2 Å². The van der Waals surface area contributed by atoms with Gasteiger partial charge in [-0.05, 0) is 36.2 Å². The first-order chi connectivity index (χ1) is 10.4. The third-order valence-corrected chi connectivity index (χ3v) is 3.01. The predicted molar refractivity (Wildman–Crippen MR) is 72.1 cm³/mol. The van der Waals surface area contributed by atoms with Crippen LogP contribution in [0.25, 0.3) is 0 Å². The third-order valence-electron chi connectivity index (χ3n) is 3.01. The van der Waals surface area contributed by atoms with Crippen molar-refractivity contribution in [2.75, 3.05) is 6.54 Å². The van der Waals surface area contributed by atoms with Crippen molar-refractivity contribution in [2.45, 2.75) is 6.42 Å².